The summed E-state index contributed by atoms with van der Waals surface area (Å²) in [6, 6.07) is 12.4. The lowest BCUT2D eigenvalue weighted by molar-refractivity contribution is -0.134. The third-order valence-electron chi connectivity index (χ3n) is 4.92. The first-order chi connectivity index (χ1) is 11.7. The second kappa shape index (κ2) is 7.65. The van der Waals surface area contributed by atoms with Crippen LogP contribution in [0, 0.1) is 5.92 Å². The Bertz CT molecular complexity index is 758. The van der Waals surface area contributed by atoms with Gasteiger partial charge in [0.1, 0.15) is 5.75 Å². The van der Waals surface area contributed by atoms with Crippen molar-refractivity contribution in [1.29, 1.82) is 0 Å². The van der Waals surface area contributed by atoms with Crippen molar-refractivity contribution >= 4 is 22.3 Å². The highest BCUT2D eigenvalue weighted by Gasteiger charge is 2.15. The fourth-order valence-electron chi connectivity index (χ4n) is 3.51. The number of rotatable bonds is 5. The van der Waals surface area contributed by atoms with Crippen LogP contribution in [0.25, 0.3) is 16.3 Å². The van der Waals surface area contributed by atoms with Gasteiger partial charge in [-0.3, -0.25) is 4.79 Å². The minimum atomic E-state index is -0.194. The van der Waals surface area contributed by atoms with E-state index in [0.717, 1.165) is 11.3 Å². The molecule has 0 aliphatic heterocycles. The van der Waals surface area contributed by atoms with Gasteiger partial charge in [0.15, 0.2) is 0 Å². The van der Waals surface area contributed by atoms with E-state index in [1.165, 1.54) is 48.6 Å². The summed E-state index contributed by atoms with van der Waals surface area (Å²) >= 11 is 0. The van der Waals surface area contributed by atoms with E-state index in [4.69, 9.17) is 4.74 Å². The lowest BCUT2D eigenvalue weighted by atomic mass is 9.84. The van der Waals surface area contributed by atoms with Crippen molar-refractivity contribution in [3.63, 3.8) is 0 Å². The fourth-order valence-corrected chi connectivity index (χ4v) is 3.51. The molecule has 0 N–H and O–H groups in total. The SMILES string of the molecule is CCCC1CC=C(c2ccc3cc(OC(=O)CC)ccc3c2)CC1. The van der Waals surface area contributed by atoms with Crippen LogP contribution in [-0.4, -0.2) is 5.97 Å². The van der Waals surface area contributed by atoms with Crippen LogP contribution in [-0.2, 0) is 4.79 Å². The van der Waals surface area contributed by atoms with E-state index in [1.54, 1.807) is 6.92 Å². The van der Waals surface area contributed by atoms with E-state index in [2.05, 4.69) is 31.2 Å². The highest BCUT2D eigenvalue weighted by atomic mass is 16.5. The number of carbonyl (C=O) groups excluding carboxylic acids is 1. The molecule has 0 radical (unpaired) electrons. The van der Waals surface area contributed by atoms with Crippen LogP contribution in [0.2, 0.25) is 0 Å². The lowest BCUT2D eigenvalue weighted by Gasteiger charge is -2.21. The third kappa shape index (κ3) is 3.87. The average molecular weight is 322 g/mol. The number of hydrogen-bond acceptors (Lipinski definition) is 2. The Hall–Kier alpha value is -2.09. The van der Waals surface area contributed by atoms with Gasteiger partial charge in [0.25, 0.3) is 0 Å². The summed E-state index contributed by atoms with van der Waals surface area (Å²) in [6.07, 6.45) is 9.17. The standard InChI is InChI=1S/C22H26O2/c1-3-5-16-6-8-17(9-7-16)18-10-11-20-15-21(24-22(23)4-2)13-12-19(20)14-18/h8,10-16H,3-7,9H2,1-2H3. The molecule has 24 heavy (non-hydrogen) atoms. The Morgan fingerprint density at radius 2 is 1.92 bits per heavy atom. The molecule has 126 valence electrons. The van der Waals surface area contributed by atoms with Crippen molar-refractivity contribution in [3.05, 3.63) is 48.0 Å². The van der Waals surface area contributed by atoms with Crippen LogP contribution in [0.1, 0.15) is 57.9 Å². The van der Waals surface area contributed by atoms with E-state index in [9.17, 15) is 4.79 Å². The van der Waals surface area contributed by atoms with Crippen molar-refractivity contribution in [3.8, 4) is 5.75 Å². The van der Waals surface area contributed by atoms with E-state index >= 15 is 0 Å². The van der Waals surface area contributed by atoms with Gasteiger partial charge in [-0.15, -0.1) is 0 Å². The Kier molecular flexibility index (Phi) is 5.34. The molecule has 3 rings (SSSR count). The quantitative estimate of drug-likeness (QED) is 0.488. The summed E-state index contributed by atoms with van der Waals surface area (Å²) < 4.78 is 5.30. The largest absolute Gasteiger partial charge is 0.427 e. The molecule has 2 aromatic rings. The van der Waals surface area contributed by atoms with Crippen LogP contribution < -0.4 is 4.74 Å². The first-order valence-corrected chi connectivity index (χ1v) is 9.13. The van der Waals surface area contributed by atoms with E-state index in [0.29, 0.717) is 12.2 Å². The number of benzene rings is 2. The molecule has 0 fully saturated rings. The molecular weight excluding hydrogens is 296 g/mol. The van der Waals surface area contributed by atoms with Crippen LogP contribution in [0.15, 0.2) is 42.5 Å². The van der Waals surface area contributed by atoms with Crippen molar-refractivity contribution in [2.45, 2.75) is 52.4 Å². The minimum Gasteiger partial charge on any atom is -0.427 e. The number of hydrogen-bond donors (Lipinski definition) is 0. The Balaban J connectivity index is 1.79. The van der Waals surface area contributed by atoms with E-state index in [-0.39, 0.29) is 5.97 Å². The second-order valence-corrected chi connectivity index (χ2v) is 6.71. The maximum atomic E-state index is 11.4. The zero-order chi connectivity index (χ0) is 16.9. The zero-order valence-electron chi connectivity index (χ0n) is 14.7. The summed E-state index contributed by atoms with van der Waals surface area (Å²) in [5.41, 5.74) is 2.81. The maximum absolute atomic E-state index is 11.4. The summed E-state index contributed by atoms with van der Waals surface area (Å²) in [7, 11) is 0. The van der Waals surface area contributed by atoms with Gasteiger partial charge in [0, 0.05) is 6.42 Å². The minimum absolute atomic E-state index is 0.194. The lowest BCUT2D eigenvalue weighted by Crippen LogP contribution is -2.05. The van der Waals surface area contributed by atoms with Crippen molar-refractivity contribution in [1.82, 2.24) is 0 Å². The van der Waals surface area contributed by atoms with E-state index < -0.39 is 0 Å². The monoisotopic (exact) mass is 322 g/mol. The number of allylic oxidation sites excluding steroid dienone is 2. The Morgan fingerprint density at radius 1 is 1.12 bits per heavy atom. The van der Waals surface area contributed by atoms with Crippen LogP contribution in [0.3, 0.4) is 0 Å². The first-order valence-electron chi connectivity index (χ1n) is 9.13. The average Bonchev–Trinajstić information content (AvgIpc) is 2.62. The zero-order valence-corrected chi connectivity index (χ0v) is 14.7. The fraction of sp³-hybridized carbons (Fsp3) is 0.409. The molecule has 0 spiro atoms. The third-order valence-corrected chi connectivity index (χ3v) is 4.92. The van der Waals surface area contributed by atoms with Gasteiger partial charge >= 0.3 is 5.97 Å². The molecule has 2 nitrogen and oxygen atoms in total. The summed E-state index contributed by atoms with van der Waals surface area (Å²) in [6.45, 7) is 4.08. The van der Waals surface area contributed by atoms with Gasteiger partial charge in [0.05, 0.1) is 0 Å². The van der Waals surface area contributed by atoms with Crippen molar-refractivity contribution < 1.29 is 9.53 Å². The van der Waals surface area contributed by atoms with Gasteiger partial charge in [-0.2, -0.15) is 0 Å². The van der Waals surface area contributed by atoms with E-state index in [1.807, 2.05) is 18.2 Å². The Morgan fingerprint density at radius 3 is 2.62 bits per heavy atom. The summed E-state index contributed by atoms with van der Waals surface area (Å²) in [5, 5.41) is 2.31. The van der Waals surface area contributed by atoms with Crippen LogP contribution >= 0.6 is 0 Å². The number of esters is 1. The number of fused-ring (bicyclic) bond motifs is 1. The van der Waals surface area contributed by atoms with Crippen molar-refractivity contribution in [2.24, 2.45) is 5.92 Å². The van der Waals surface area contributed by atoms with Gasteiger partial charge in [-0.25, -0.2) is 0 Å². The van der Waals surface area contributed by atoms with Crippen molar-refractivity contribution in [2.75, 3.05) is 0 Å². The highest BCUT2D eigenvalue weighted by Crippen LogP contribution is 2.34. The normalized spacial score (nSPS) is 17.6. The molecule has 0 aromatic heterocycles. The molecule has 0 saturated heterocycles. The first kappa shape index (κ1) is 16.8. The highest BCUT2D eigenvalue weighted by molar-refractivity contribution is 5.88. The second-order valence-electron chi connectivity index (χ2n) is 6.71. The molecular formula is C22H26O2. The van der Waals surface area contributed by atoms with Crippen LogP contribution in [0.4, 0.5) is 0 Å². The molecule has 0 saturated carbocycles. The molecule has 2 aromatic carbocycles. The molecule has 1 aliphatic rings. The van der Waals surface area contributed by atoms with Gasteiger partial charge in [-0.1, -0.05) is 51.0 Å². The smallest absolute Gasteiger partial charge is 0.310 e. The molecule has 1 unspecified atom stereocenters. The molecule has 0 bridgehead atoms. The number of ether oxygens (including phenoxy) is 1. The predicted octanol–water partition coefficient (Wildman–Crippen LogP) is 6.14. The van der Waals surface area contributed by atoms with Crippen LogP contribution in [0.5, 0.6) is 5.75 Å². The van der Waals surface area contributed by atoms with Gasteiger partial charge < -0.3 is 4.74 Å². The predicted molar refractivity (Wildman–Crippen MR) is 100 cm³/mol. The van der Waals surface area contributed by atoms with Gasteiger partial charge in [-0.05, 0) is 65.3 Å². The molecule has 2 heteroatoms. The summed E-state index contributed by atoms with van der Waals surface area (Å²) in [5.74, 6) is 1.30. The molecule has 1 atom stereocenters. The topological polar surface area (TPSA) is 26.3 Å². The Labute approximate surface area is 144 Å². The summed E-state index contributed by atoms with van der Waals surface area (Å²) in [4.78, 5) is 11.4. The molecule has 1 aliphatic carbocycles. The number of carbonyl (C=O) groups is 1. The molecule has 0 amide bonds. The molecule has 0 heterocycles. The maximum Gasteiger partial charge on any atom is 0.310 e. The van der Waals surface area contributed by atoms with Gasteiger partial charge in [0.2, 0.25) is 0 Å².